The Morgan fingerprint density at radius 2 is 1.66 bits per heavy atom. The second kappa shape index (κ2) is 9.78. The topological polar surface area (TPSA) is 88.2 Å². The van der Waals surface area contributed by atoms with Crippen molar-refractivity contribution in [3.05, 3.63) is 94.7 Å². The highest BCUT2D eigenvalue weighted by Crippen LogP contribution is 2.21. The van der Waals surface area contributed by atoms with Crippen LogP contribution in [0.4, 0.5) is 0 Å². The van der Waals surface area contributed by atoms with Gasteiger partial charge in [-0.25, -0.2) is 13.1 Å². The van der Waals surface area contributed by atoms with Gasteiger partial charge in [0.2, 0.25) is 15.9 Å². The highest BCUT2D eigenvalue weighted by Gasteiger charge is 2.18. The Labute approximate surface area is 178 Å². The molecule has 0 radical (unpaired) electrons. The molecule has 0 spiro atoms. The molecule has 1 aromatic heterocycles. The van der Waals surface area contributed by atoms with E-state index in [1.54, 1.807) is 24.5 Å². The van der Waals surface area contributed by atoms with Crippen molar-refractivity contribution < 1.29 is 13.2 Å². The van der Waals surface area contributed by atoms with Gasteiger partial charge in [-0.1, -0.05) is 52.3 Å². The average molecular weight is 474 g/mol. The highest BCUT2D eigenvalue weighted by atomic mass is 79.9. The predicted molar refractivity (Wildman–Crippen MR) is 115 cm³/mol. The molecule has 1 amide bonds. The van der Waals surface area contributed by atoms with E-state index in [2.05, 4.69) is 31.0 Å². The quantitative estimate of drug-likeness (QED) is 0.524. The molecule has 0 aliphatic heterocycles. The summed E-state index contributed by atoms with van der Waals surface area (Å²) in [5.74, 6) is -0.257. The number of hydrogen-bond donors (Lipinski definition) is 2. The first-order valence-electron chi connectivity index (χ1n) is 8.95. The molecular weight excluding hydrogens is 454 g/mol. The van der Waals surface area contributed by atoms with Crippen molar-refractivity contribution in [1.29, 1.82) is 0 Å². The van der Waals surface area contributed by atoms with Crippen LogP contribution in [0.1, 0.15) is 23.6 Å². The maximum atomic E-state index is 12.5. The van der Waals surface area contributed by atoms with Crippen LogP contribution >= 0.6 is 15.9 Å². The normalized spacial score (nSPS) is 12.3. The van der Waals surface area contributed by atoms with Crippen molar-refractivity contribution in [3.63, 3.8) is 0 Å². The van der Waals surface area contributed by atoms with E-state index in [0.717, 1.165) is 11.1 Å². The minimum Gasteiger partial charge on any atom is -0.345 e. The standard InChI is InChI=1S/C21H20BrN3O3S/c22-18-7-4-8-19(15-18)29(27,28)24-14-11-20(26)25-21(16-5-2-1-3-6-16)17-9-12-23-13-10-17/h1-10,12-13,15,21,24H,11,14H2,(H,25,26). The summed E-state index contributed by atoms with van der Waals surface area (Å²) >= 11 is 3.26. The van der Waals surface area contributed by atoms with Gasteiger partial charge in [-0.05, 0) is 41.5 Å². The van der Waals surface area contributed by atoms with Gasteiger partial charge in [0.15, 0.2) is 0 Å². The molecule has 8 heteroatoms. The van der Waals surface area contributed by atoms with E-state index in [4.69, 9.17) is 0 Å². The zero-order valence-electron chi connectivity index (χ0n) is 15.5. The molecule has 0 aliphatic rings. The van der Waals surface area contributed by atoms with Crippen LogP contribution in [0.5, 0.6) is 0 Å². The molecule has 3 aromatic rings. The average Bonchev–Trinajstić information content (AvgIpc) is 2.73. The van der Waals surface area contributed by atoms with Crippen LogP contribution < -0.4 is 10.0 Å². The largest absolute Gasteiger partial charge is 0.345 e. The molecule has 6 nitrogen and oxygen atoms in total. The fourth-order valence-corrected chi connectivity index (χ4v) is 4.44. The van der Waals surface area contributed by atoms with Crippen molar-refractivity contribution in [1.82, 2.24) is 15.0 Å². The monoisotopic (exact) mass is 473 g/mol. The first kappa shape index (κ1) is 21.2. The summed E-state index contributed by atoms with van der Waals surface area (Å²) in [5, 5.41) is 2.98. The number of hydrogen-bond acceptors (Lipinski definition) is 4. The molecule has 1 heterocycles. The fraction of sp³-hybridized carbons (Fsp3) is 0.143. The molecule has 2 N–H and O–H groups in total. The van der Waals surface area contributed by atoms with Gasteiger partial charge in [0, 0.05) is 29.8 Å². The maximum absolute atomic E-state index is 12.5. The first-order chi connectivity index (χ1) is 14.0. The Morgan fingerprint density at radius 1 is 0.966 bits per heavy atom. The number of sulfonamides is 1. The Kier molecular flexibility index (Phi) is 7.13. The second-order valence-electron chi connectivity index (χ2n) is 6.30. The molecule has 1 unspecified atom stereocenters. The Bertz CT molecular complexity index is 1020. The van der Waals surface area contributed by atoms with E-state index in [1.807, 2.05) is 42.5 Å². The van der Waals surface area contributed by atoms with Gasteiger partial charge in [0.05, 0.1) is 10.9 Å². The van der Waals surface area contributed by atoms with Gasteiger partial charge in [0.25, 0.3) is 0 Å². The fourth-order valence-electron chi connectivity index (χ4n) is 2.81. The van der Waals surface area contributed by atoms with Gasteiger partial charge in [-0.3, -0.25) is 9.78 Å². The minimum atomic E-state index is -3.68. The molecule has 150 valence electrons. The number of nitrogens with one attached hydrogen (secondary N) is 2. The van der Waals surface area contributed by atoms with Crippen molar-refractivity contribution in [2.24, 2.45) is 0 Å². The first-order valence-corrected chi connectivity index (χ1v) is 11.2. The Morgan fingerprint density at radius 3 is 2.34 bits per heavy atom. The number of benzene rings is 2. The molecule has 2 aromatic carbocycles. The molecule has 1 atom stereocenters. The van der Waals surface area contributed by atoms with E-state index >= 15 is 0 Å². The lowest BCUT2D eigenvalue weighted by atomic mass is 9.99. The molecular formula is C21H20BrN3O3S. The van der Waals surface area contributed by atoms with Crippen LogP contribution in [0, 0.1) is 0 Å². The van der Waals surface area contributed by atoms with Gasteiger partial charge in [0.1, 0.15) is 0 Å². The van der Waals surface area contributed by atoms with Crippen molar-refractivity contribution in [2.75, 3.05) is 6.54 Å². The van der Waals surface area contributed by atoms with Gasteiger partial charge in [-0.2, -0.15) is 0 Å². The van der Waals surface area contributed by atoms with E-state index in [-0.39, 0.29) is 29.8 Å². The molecule has 29 heavy (non-hydrogen) atoms. The molecule has 0 bridgehead atoms. The van der Waals surface area contributed by atoms with Crippen LogP contribution in [-0.4, -0.2) is 25.9 Å². The SMILES string of the molecule is O=C(CCNS(=O)(=O)c1cccc(Br)c1)NC(c1ccccc1)c1ccncc1. The minimum absolute atomic E-state index is 0.00145. The van der Waals surface area contributed by atoms with Crippen molar-refractivity contribution in [2.45, 2.75) is 17.4 Å². The Balaban J connectivity index is 1.64. The summed E-state index contributed by atoms with van der Waals surface area (Å²) in [6, 6.07) is 19.3. The van der Waals surface area contributed by atoms with E-state index in [0.29, 0.717) is 4.47 Å². The Hall–Kier alpha value is -2.55. The number of rotatable bonds is 8. The van der Waals surface area contributed by atoms with Gasteiger partial charge < -0.3 is 5.32 Å². The number of aromatic nitrogens is 1. The number of pyridine rings is 1. The number of carbonyl (C=O) groups excluding carboxylic acids is 1. The second-order valence-corrected chi connectivity index (χ2v) is 8.98. The zero-order valence-corrected chi connectivity index (χ0v) is 17.9. The van der Waals surface area contributed by atoms with Crippen LogP contribution in [0.3, 0.4) is 0 Å². The third-order valence-electron chi connectivity index (χ3n) is 4.23. The van der Waals surface area contributed by atoms with Crippen LogP contribution in [-0.2, 0) is 14.8 Å². The van der Waals surface area contributed by atoms with Crippen LogP contribution in [0.15, 0.2) is 88.5 Å². The van der Waals surface area contributed by atoms with Crippen molar-refractivity contribution in [3.8, 4) is 0 Å². The lowest BCUT2D eigenvalue weighted by Gasteiger charge is -2.20. The number of halogens is 1. The van der Waals surface area contributed by atoms with Crippen LogP contribution in [0.2, 0.25) is 0 Å². The summed E-state index contributed by atoms with van der Waals surface area (Å²) in [7, 11) is -3.68. The lowest BCUT2D eigenvalue weighted by Crippen LogP contribution is -2.33. The van der Waals surface area contributed by atoms with Gasteiger partial charge in [-0.15, -0.1) is 0 Å². The number of amides is 1. The summed E-state index contributed by atoms with van der Waals surface area (Å²) in [6.45, 7) is -0.00145. The summed E-state index contributed by atoms with van der Waals surface area (Å²) < 4.78 is 27.9. The summed E-state index contributed by atoms with van der Waals surface area (Å²) in [5.41, 5.74) is 1.83. The molecule has 0 saturated heterocycles. The number of carbonyl (C=O) groups is 1. The predicted octanol–water partition coefficient (Wildman–Crippen LogP) is 3.42. The summed E-state index contributed by atoms with van der Waals surface area (Å²) in [4.78, 5) is 16.7. The van der Waals surface area contributed by atoms with Crippen molar-refractivity contribution >= 4 is 31.9 Å². The smallest absolute Gasteiger partial charge is 0.240 e. The third kappa shape index (κ3) is 5.96. The molecule has 0 fully saturated rings. The van der Waals surface area contributed by atoms with Crippen LogP contribution in [0.25, 0.3) is 0 Å². The maximum Gasteiger partial charge on any atom is 0.240 e. The summed E-state index contributed by atoms with van der Waals surface area (Å²) in [6.07, 6.45) is 3.36. The molecule has 0 aliphatic carbocycles. The van der Waals surface area contributed by atoms with E-state index < -0.39 is 10.0 Å². The molecule has 3 rings (SSSR count). The van der Waals surface area contributed by atoms with E-state index in [1.165, 1.54) is 12.1 Å². The third-order valence-corrected chi connectivity index (χ3v) is 6.18. The molecule has 0 saturated carbocycles. The van der Waals surface area contributed by atoms with Gasteiger partial charge >= 0.3 is 0 Å². The lowest BCUT2D eigenvalue weighted by molar-refractivity contribution is -0.121. The highest BCUT2D eigenvalue weighted by molar-refractivity contribution is 9.10. The van der Waals surface area contributed by atoms with E-state index in [9.17, 15) is 13.2 Å². The number of nitrogens with zero attached hydrogens (tertiary/aromatic N) is 1. The zero-order chi connectivity index (χ0) is 20.7.